The molecule has 2 heterocycles. The molecule has 0 saturated heterocycles. The molecule has 1 fully saturated rings. The summed E-state index contributed by atoms with van der Waals surface area (Å²) in [5.41, 5.74) is 3.22. The van der Waals surface area contributed by atoms with Crippen LogP contribution in [-0.2, 0) is 11.2 Å². The second-order valence-electron chi connectivity index (χ2n) is 8.06. The minimum atomic E-state index is -0.912. The van der Waals surface area contributed by atoms with Crippen LogP contribution in [-0.4, -0.2) is 48.0 Å². The number of nitrogens with one attached hydrogen (secondary N) is 1. The van der Waals surface area contributed by atoms with Crippen molar-refractivity contribution in [2.45, 2.75) is 51.1 Å². The first kappa shape index (κ1) is 20.2. The Morgan fingerprint density at radius 1 is 1.30 bits per heavy atom. The summed E-state index contributed by atoms with van der Waals surface area (Å²) in [5, 5.41) is 12.5. The van der Waals surface area contributed by atoms with Crippen LogP contribution >= 0.6 is 0 Å². The summed E-state index contributed by atoms with van der Waals surface area (Å²) in [6.07, 6.45) is 6.25. The van der Waals surface area contributed by atoms with Crippen LogP contribution in [0, 0.1) is 0 Å². The van der Waals surface area contributed by atoms with Crippen molar-refractivity contribution >= 4 is 35.3 Å². The average molecular weight is 409 g/mol. The van der Waals surface area contributed by atoms with Crippen LogP contribution in [0.25, 0.3) is 0 Å². The molecular formula is C23H28N4O3. The van der Waals surface area contributed by atoms with Crippen LogP contribution in [0.5, 0.6) is 0 Å². The second-order valence-corrected chi connectivity index (χ2v) is 8.06. The van der Waals surface area contributed by atoms with Gasteiger partial charge in [0.2, 0.25) is 0 Å². The van der Waals surface area contributed by atoms with Gasteiger partial charge in [0, 0.05) is 25.3 Å². The van der Waals surface area contributed by atoms with E-state index in [0.29, 0.717) is 11.6 Å². The van der Waals surface area contributed by atoms with Gasteiger partial charge in [0.15, 0.2) is 5.82 Å². The fourth-order valence-corrected chi connectivity index (χ4v) is 4.70. The number of aldehydes is 1. The molecule has 1 aromatic carbocycles. The summed E-state index contributed by atoms with van der Waals surface area (Å²) in [7, 11) is 1.87. The third-order valence-electron chi connectivity index (χ3n) is 6.23. The number of hydrogen-bond donors (Lipinski definition) is 2. The summed E-state index contributed by atoms with van der Waals surface area (Å²) in [5.74, 6) is 0.703. The van der Waals surface area contributed by atoms with Crippen LogP contribution < -0.4 is 15.1 Å². The number of carboxylic acid groups (broad SMARTS) is 1. The second kappa shape index (κ2) is 8.34. The highest BCUT2D eigenvalue weighted by Crippen LogP contribution is 2.38. The van der Waals surface area contributed by atoms with Crippen molar-refractivity contribution in [1.29, 1.82) is 0 Å². The normalized spacial score (nSPS) is 16.9. The Kier molecular flexibility index (Phi) is 5.61. The van der Waals surface area contributed by atoms with Crippen molar-refractivity contribution in [2.24, 2.45) is 0 Å². The lowest BCUT2D eigenvalue weighted by atomic mass is 10.1. The molecule has 1 unspecified atom stereocenters. The number of nitrogens with zero attached hydrogens (tertiary/aromatic N) is 3. The lowest BCUT2D eigenvalue weighted by Crippen LogP contribution is -2.42. The Labute approximate surface area is 176 Å². The zero-order valence-corrected chi connectivity index (χ0v) is 17.5. The summed E-state index contributed by atoms with van der Waals surface area (Å²) in [6, 6.07) is 9.30. The topological polar surface area (TPSA) is 85.8 Å². The van der Waals surface area contributed by atoms with E-state index in [1.54, 1.807) is 12.1 Å². The van der Waals surface area contributed by atoms with Crippen molar-refractivity contribution in [3.8, 4) is 0 Å². The number of fused-ring (bicyclic) bond motifs is 1. The van der Waals surface area contributed by atoms with E-state index in [1.807, 2.05) is 32.2 Å². The van der Waals surface area contributed by atoms with Gasteiger partial charge in [-0.05, 0) is 62.1 Å². The quantitative estimate of drug-likeness (QED) is 0.673. The molecule has 7 heteroatoms. The van der Waals surface area contributed by atoms with Gasteiger partial charge in [0.25, 0.3) is 0 Å². The fourth-order valence-electron chi connectivity index (χ4n) is 4.70. The van der Waals surface area contributed by atoms with Gasteiger partial charge >= 0.3 is 5.97 Å². The van der Waals surface area contributed by atoms with Crippen molar-refractivity contribution in [3.63, 3.8) is 0 Å². The molecule has 2 aliphatic rings. The third kappa shape index (κ3) is 3.60. The predicted molar refractivity (Wildman–Crippen MR) is 118 cm³/mol. The minimum Gasteiger partial charge on any atom is -0.478 e. The van der Waals surface area contributed by atoms with Crippen LogP contribution in [0.15, 0.2) is 30.3 Å². The molecule has 0 spiro atoms. The number of pyridine rings is 1. The Hall–Kier alpha value is -3.09. The number of benzene rings is 1. The van der Waals surface area contributed by atoms with Crippen molar-refractivity contribution < 1.29 is 14.7 Å². The van der Waals surface area contributed by atoms with E-state index < -0.39 is 5.97 Å². The maximum absolute atomic E-state index is 11.7. The molecule has 0 radical (unpaired) electrons. The number of carbonyl (C=O) groups excluding carboxylic acids is 1. The highest BCUT2D eigenvalue weighted by molar-refractivity contribution is 5.89. The maximum atomic E-state index is 11.7. The largest absolute Gasteiger partial charge is 0.478 e. The number of carbonyl (C=O) groups is 2. The number of hydrogen-bond acceptors (Lipinski definition) is 6. The molecule has 1 aliphatic heterocycles. The molecule has 1 atom stereocenters. The molecular weight excluding hydrogens is 380 g/mol. The molecule has 1 aliphatic carbocycles. The number of aromatic nitrogens is 1. The minimum absolute atomic E-state index is 0.257. The van der Waals surface area contributed by atoms with Crippen LogP contribution in [0.1, 0.15) is 48.5 Å². The molecule has 30 heavy (non-hydrogen) atoms. The van der Waals surface area contributed by atoms with E-state index in [1.165, 1.54) is 12.8 Å². The predicted octanol–water partition coefficient (Wildman–Crippen LogP) is 3.85. The summed E-state index contributed by atoms with van der Waals surface area (Å²) in [6.45, 7) is 2.67. The SMILES string of the molecule is CNc1ccc(N2CCc3cc(C(=O)O)ccc32)nc1N(C(C)C=O)C1CCCC1. The number of rotatable bonds is 7. The van der Waals surface area contributed by atoms with E-state index in [0.717, 1.165) is 60.7 Å². The summed E-state index contributed by atoms with van der Waals surface area (Å²) in [4.78, 5) is 32.3. The highest BCUT2D eigenvalue weighted by atomic mass is 16.4. The monoisotopic (exact) mass is 408 g/mol. The average Bonchev–Trinajstić information content (AvgIpc) is 3.43. The molecule has 0 bridgehead atoms. The van der Waals surface area contributed by atoms with Gasteiger partial charge in [-0.1, -0.05) is 12.8 Å². The Bertz CT molecular complexity index is 955. The van der Waals surface area contributed by atoms with E-state index in [-0.39, 0.29) is 6.04 Å². The van der Waals surface area contributed by atoms with E-state index >= 15 is 0 Å². The van der Waals surface area contributed by atoms with Gasteiger partial charge in [0.05, 0.1) is 17.3 Å². The van der Waals surface area contributed by atoms with E-state index in [9.17, 15) is 14.7 Å². The van der Waals surface area contributed by atoms with Gasteiger partial charge in [-0.25, -0.2) is 9.78 Å². The molecule has 0 amide bonds. The Morgan fingerprint density at radius 2 is 2.07 bits per heavy atom. The molecule has 158 valence electrons. The molecule has 7 nitrogen and oxygen atoms in total. The van der Waals surface area contributed by atoms with Crippen LogP contribution in [0.2, 0.25) is 0 Å². The van der Waals surface area contributed by atoms with Crippen molar-refractivity contribution in [2.75, 3.05) is 28.7 Å². The van der Waals surface area contributed by atoms with Crippen molar-refractivity contribution in [3.05, 3.63) is 41.5 Å². The lowest BCUT2D eigenvalue weighted by molar-refractivity contribution is -0.108. The molecule has 1 aromatic heterocycles. The molecule has 1 saturated carbocycles. The zero-order chi connectivity index (χ0) is 21.3. The summed E-state index contributed by atoms with van der Waals surface area (Å²) >= 11 is 0. The zero-order valence-electron chi connectivity index (χ0n) is 17.5. The molecule has 2 aromatic rings. The Morgan fingerprint density at radius 3 is 2.73 bits per heavy atom. The van der Waals surface area contributed by atoms with Gasteiger partial charge < -0.3 is 25.0 Å². The van der Waals surface area contributed by atoms with Gasteiger partial charge in [-0.2, -0.15) is 0 Å². The van der Waals surface area contributed by atoms with Crippen molar-refractivity contribution in [1.82, 2.24) is 4.98 Å². The van der Waals surface area contributed by atoms with Gasteiger partial charge in [-0.15, -0.1) is 0 Å². The molecule has 4 rings (SSSR count). The lowest BCUT2D eigenvalue weighted by Gasteiger charge is -2.35. The first-order valence-corrected chi connectivity index (χ1v) is 10.6. The van der Waals surface area contributed by atoms with E-state index in [2.05, 4.69) is 15.1 Å². The number of carboxylic acids is 1. The number of anilines is 4. The third-order valence-corrected chi connectivity index (χ3v) is 6.23. The smallest absolute Gasteiger partial charge is 0.335 e. The first-order valence-electron chi connectivity index (χ1n) is 10.6. The number of aromatic carboxylic acids is 1. The van der Waals surface area contributed by atoms with Gasteiger partial charge in [-0.3, -0.25) is 0 Å². The molecule has 2 N–H and O–H groups in total. The summed E-state index contributed by atoms with van der Waals surface area (Å²) < 4.78 is 0. The fraction of sp³-hybridized carbons (Fsp3) is 0.435. The van der Waals surface area contributed by atoms with Crippen LogP contribution in [0.3, 0.4) is 0 Å². The maximum Gasteiger partial charge on any atom is 0.335 e. The highest BCUT2D eigenvalue weighted by Gasteiger charge is 2.30. The van der Waals surface area contributed by atoms with Crippen LogP contribution in [0.4, 0.5) is 23.0 Å². The standard InChI is InChI=1S/C23H28N4O3/c1-15(14-28)27(18-5-3-4-6-18)22-19(24-2)8-10-21(25-22)26-12-11-16-13-17(23(29)30)7-9-20(16)26/h7-10,13-15,18,24H,3-6,11-12H2,1-2H3,(H,29,30). The first-order chi connectivity index (χ1) is 14.5. The Balaban J connectivity index is 1.73. The van der Waals surface area contributed by atoms with Gasteiger partial charge in [0.1, 0.15) is 12.1 Å². The van der Waals surface area contributed by atoms with E-state index in [4.69, 9.17) is 4.98 Å².